The van der Waals surface area contributed by atoms with E-state index < -0.39 is 9.84 Å². The van der Waals surface area contributed by atoms with Crippen molar-refractivity contribution in [1.82, 2.24) is 10.2 Å². The van der Waals surface area contributed by atoms with Crippen molar-refractivity contribution in [3.8, 4) is 0 Å². The Morgan fingerprint density at radius 2 is 2.12 bits per heavy atom. The maximum Gasteiger partial charge on any atom is 0.153 e. The van der Waals surface area contributed by atoms with Crippen LogP contribution in [0, 0.1) is 5.92 Å². The van der Waals surface area contributed by atoms with Crippen LogP contribution < -0.4 is 5.32 Å². The van der Waals surface area contributed by atoms with E-state index in [4.69, 9.17) is 0 Å². The summed E-state index contributed by atoms with van der Waals surface area (Å²) in [4.78, 5) is 2.31. The maximum atomic E-state index is 11.8. The van der Waals surface area contributed by atoms with Crippen molar-refractivity contribution in [2.75, 3.05) is 31.9 Å². The summed E-state index contributed by atoms with van der Waals surface area (Å²) in [7, 11) is -2.88. The van der Waals surface area contributed by atoms with Crippen LogP contribution in [0.25, 0.3) is 0 Å². The highest BCUT2D eigenvalue weighted by Gasteiger charge is 2.34. The van der Waals surface area contributed by atoms with Crippen molar-refractivity contribution < 1.29 is 8.42 Å². The number of fused-ring (bicyclic) bond motifs is 1. The van der Waals surface area contributed by atoms with E-state index in [1.807, 2.05) is 0 Å². The summed E-state index contributed by atoms with van der Waals surface area (Å²) in [5.41, 5.74) is 0. The van der Waals surface area contributed by atoms with Gasteiger partial charge in [-0.05, 0) is 39.2 Å². The molecule has 1 N–H and O–H groups in total. The number of rotatable bonds is 4. The molecular weight excluding hydrogens is 236 g/mol. The van der Waals surface area contributed by atoms with Crippen LogP contribution in [-0.2, 0) is 9.84 Å². The van der Waals surface area contributed by atoms with Crippen LogP contribution in [0.3, 0.4) is 0 Å². The van der Waals surface area contributed by atoms with Gasteiger partial charge in [0.15, 0.2) is 9.84 Å². The summed E-state index contributed by atoms with van der Waals surface area (Å²) in [5, 5.41) is 3.29. The molecule has 0 aromatic rings. The summed E-state index contributed by atoms with van der Waals surface area (Å²) < 4.78 is 23.5. The Balaban J connectivity index is 1.82. The van der Waals surface area contributed by atoms with E-state index in [0.717, 1.165) is 25.6 Å². The minimum atomic E-state index is -2.88. The molecule has 0 aromatic heterocycles. The number of likely N-dealkylation sites (tertiary alicyclic amines) is 1. The second kappa shape index (κ2) is 5.24. The molecule has 0 unspecified atom stereocenters. The molecule has 0 aliphatic carbocycles. The van der Waals surface area contributed by atoms with Gasteiger partial charge in [-0.15, -0.1) is 0 Å². The van der Waals surface area contributed by atoms with Gasteiger partial charge < -0.3 is 10.2 Å². The smallest absolute Gasteiger partial charge is 0.153 e. The standard InChI is InChI=1S/C12H24N2O2S/c1-10(2)17(15,16)7-6-14-8-11-4-3-5-13-12(11)9-14/h10-13H,3-9H2,1-2H3/t11-,12+/m0/s1. The number of hydrogen-bond donors (Lipinski definition) is 1. The Bertz CT molecular complexity index is 340. The first-order chi connectivity index (χ1) is 7.99. The molecule has 0 amide bonds. The van der Waals surface area contributed by atoms with Gasteiger partial charge in [0, 0.05) is 25.7 Å². The lowest BCUT2D eigenvalue weighted by molar-refractivity contribution is 0.331. The van der Waals surface area contributed by atoms with Crippen molar-refractivity contribution in [2.45, 2.75) is 38.0 Å². The Hall–Kier alpha value is -0.130. The molecule has 2 atom stereocenters. The van der Waals surface area contributed by atoms with Gasteiger partial charge >= 0.3 is 0 Å². The topological polar surface area (TPSA) is 49.4 Å². The van der Waals surface area contributed by atoms with Crippen LogP contribution >= 0.6 is 0 Å². The van der Waals surface area contributed by atoms with E-state index in [-0.39, 0.29) is 5.25 Å². The lowest BCUT2D eigenvalue weighted by atomic mass is 9.94. The lowest BCUT2D eigenvalue weighted by Crippen LogP contribution is -2.40. The molecule has 5 heteroatoms. The second-order valence-electron chi connectivity index (χ2n) is 5.64. The van der Waals surface area contributed by atoms with E-state index in [1.54, 1.807) is 13.8 Å². The zero-order valence-corrected chi connectivity index (χ0v) is 11.7. The minimum Gasteiger partial charge on any atom is -0.312 e. The van der Waals surface area contributed by atoms with Crippen LogP contribution in [0.1, 0.15) is 26.7 Å². The summed E-state index contributed by atoms with van der Waals surface area (Å²) in [6, 6.07) is 0.602. The van der Waals surface area contributed by atoms with Crippen molar-refractivity contribution in [2.24, 2.45) is 5.92 Å². The van der Waals surface area contributed by atoms with Gasteiger partial charge in [-0.2, -0.15) is 0 Å². The number of hydrogen-bond acceptors (Lipinski definition) is 4. The van der Waals surface area contributed by atoms with E-state index in [9.17, 15) is 8.42 Å². The third-order valence-electron chi connectivity index (χ3n) is 4.09. The van der Waals surface area contributed by atoms with Gasteiger partial charge in [0.2, 0.25) is 0 Å². The number of nitrogens with zero attached hydrogens (tertiary/aromatic N) is 1. The van der Waals surface area contributed by atoms with Crippen LogP contribution in [0.4, 0.5) is 0 Å². The molecule has 4 nitrogen and oxygen atoms in total. The van der Waals surface area contributed by atoms with Crippen LogP contribution in [0.2, 0.25) is 0 Å². The number of piperidine rings is 1. The lowest BCUT2D eigenvalue weighted by Gasteiger charge is -2.24. The Kier molecular flexibility index (Phi) is 4.10. The van der Waals surface area contributed by atoms with Gasteiger partial charge in [0.1, 0.15) is 0 Å². The highest BCUT2D eigenvalue weighted by Crippen LogP contribution is 2.24. The molecule has 2 rings (SSSR count). The molecule has 2 aliphatic heterocycles. The van der Waals surface area contributed by atoms with E-state index in [0.29, 0.717) is 18.3 Å². The molecule has 0 spiro atoms. The summed E-state index contributed by atoms with van der Waals surface area (Å²) in [6.45, 7) is 7.46. The first kappa shape index (κ1) is 13.3. The highest BCUT2D eigenvalue weighted by molar-refractivity contribution is 7.92. The fourth-order valence-electron chi connectivity index (χ4n) is 2.81. The average Bonchev–Trinajstić information content (AvgIpc) is 2.69. The number of sulfone groups is 1. The van der Waals surface area contributed by atoms with Gasteiger partial charge in [0.25, 0.3) is 0 Å². The quantitative estimate of drug-likeness (QED) is 0.799. The average molecular weight is 260 g/mol. The molecule has 0 aromatic carbocycles. The Labute approximate surface area is 105 Å². The SMILES string of the molecule is CC(C)S(=O)(=O)CCN1C[C@@H]2CCCN[C@@H]2C1. The van der Waals surface area contributed by atoms with E-state index >= 15 is 0 Å². The fourth-order valence-corrected chi connectivity index (χ4v) is 3.79. The Morgan fingerprint density at radius 1 is 1.35 bits per heavy atom. The summed E-state index contributed by atoms with van der Waals surface area (Å²) in [5.74, 6) is 1.05. The van der Waals surface area contributed by atoms with Crippen molar-refractivity contribution in [3.05, 3.63) is 0 Å². The van der Waals surface area contributed by atoms with Crippen molar-refractivity contribution in [1.29, 1.82) is 0 Å². The van der Waals surface area contributed by atoms with Gasteiger partial charge in [-0.3, -0.25) is 0 Å². The third-order valence-corrected chi connectivity index (χ3v) is 6.27. The van der Waals surface area contributed by atoms with Crippen LogP contribution in [-0.4, -0.2) is 56.5 Å². The molecule has 2 aliphatic rings. The zero-order chi connectivity index (χ0) is 12.5. The largest absolute Gasteiger partial charge is 0.312 e. The fraction of sp³-hybridized carbons (Fsp3) is 1.00. The monoisotopic (exact) mass is 260 g/mol. The van der Waals surface area contributed by atoms with Gasteiger partial charge in [-0.1, -0.05) is 0 Å². The molecule has 0 radical (unpaired) electrons. The number of nitrogens with one attached hydrogen (secondary N) is 1. The molecule has 0 saturated carbocycles. The molecule has 17 heavy (non-hydrogen) atoms. The molecule has 2 heterocycles. The van der Waals surface area contributed by atoms with E-state index in [2.05, 4.69) is 10.2 Å². The van der Waals surface area contributed by atoms with Gasteiger partial charge in [0.05, 0.1) is 11.0 Å². The molecule has 2 saturated heterocycles. The molecule has 2 fully saturated rings. The normalized spacial score (nSPS) is 30.8. The van der Waals surface area contributed by atoms with Crippen LogP contribution in [0.5, 0.6) is 0 Å². The minimum absolute atomic E-state index is 0.245. The van der Waals surface area contributed by atoms with Crippen molar-refractivity contribution >= 4 is 9.84 Å². The van der Waals surface area contributed by atoms with Crippen molar-refractivity contribution in [3.63, 3.8) is 0 Å². The van der Waals surface area contributed by atoms with Gasteiger partial charge in [-0.25, -0.2) is 8.42 Å². The Morgan fingerprint density at radius 3 is 2.76 bits per heavy atom. The molecule has 0 bridgehead atoms. The predicted molar refractivity (Wildman–Crippen MR) is 69.9 cm³/mol. The summed E-state index contributed by atoms with van der Waals surface area (Å²) >= 11 is 0. The first-order valence-electron chi connectivity index (χ1n) is 6.66. The van der Waals surface area contributed by atoms with Crippen LogP contribution in [0.15, 0.2) is 0 Å². The maximum absolute atomic E-state index is 11.8. The van der Waals surface area contributed by atoms with E-state index in [1.165, 1.54) is 12.8 Å². The zero-order valence-electron chi connectivity index (χ0n) is 10.9. The molecule has 100 valence electrons. The third kappa shape index (κ3) is 3.20. The summed E-state index contributed by atoms with van der Waals surface area (Å²) in [6.07, 6.45) is 2.56. The molecular formula is C12H24N2O2S. The first-order valence-corrected chi connectivity index (χ1v) is 8.38. The second-order valence-corrected chi connectivity index (χ2v) is 8.32. The predicted octanol–water partition coefficient (Wildman–Crippen LogP) is 0.493. The highest BCUT2D eigenvalue weighted by atomic mass is 32.2.